The van der Waals surface area contributed by atoms with Gasteiger partial charge in [0.1, 0.15) is 6.04 Å². The van der Waals surface area contributed by atoms with Crippen LogP contribution < -0.4 is 5.32 Å². The van der Waals surface area contributed by atoms with Crippen LogP contribution >= 0.6 is 11.6 Å². The average molecular weight is 240 g/mol. The molecule has 2 rings (SSSR count). The molecular weight excluding hydrogens is 226 g/mol. The van der Waals surface area contributed by atoms with E-state index in [1.807, 2.05) is 19.1 Å². The van der Waals surface area contributed by atoms with Crippen molar-refractivity contribution in [1.82, 2.24) is 5.32 Å². The predicted molar refractivity (Wildman–Crippen MR) is 62.7 cm³/mol. The highest BCUT2D eigenvalue weighted by Crippen LogP contribution is 2.26. The largest absolute Gasteiger partial charge is 0.480 e. The second kappa shape index (κ2) is 4.44. The predicted octanol–water partition coefficient (Wildman–Crippen LogP) is 2.53. The van der Waals surface area contributed by atoms with Gasteiger partial charge in [0.05, 0.1) is 0 Å². The van der Waals surface area contributed by atoms with Gasteiger partial charge in [0, 0.05) is 11.1 Å². The third-order valence-corrected chi connectivity index (χ3v) is 3.16. The lowest BCUT2D eigenvalue weighted by atomic mass is 10.1. The summed E-state index contributed by atoms with van der Waals surface area (Å²) in [6.45, 7) is 1.90. The standard InChI is InChI=1S/C12H14ClNO2/c1-7-2-3-8(6-10(7)13)11(12(15)16)14-9-4-5-9/h2-3,6,9,11,14H,4-5H2,1H3,(H,15,16). The smallest absolute Gasteiger partial charge is 0.325 e. The van der Waals surface area contributed by atoms with Crippen LogP contribution in [0.15, 0.2) is 18.2 Å². The number of nitrogens with one attached hydrogen (secondary N) is 1. The Morgan fingerprint density at radius 3 is 2.75 bits per heavy atom. The number of carboxylic acids is 1. The molecule has 1 aromatic carbocycles. The summed E-state index contributed by atoms with van der Waals surface area (Å²) in [4.78, 5) is 11.2. The molecule has 16 heavy (non-hydrogen) atoms. The van der Waals surface area contributed by atoms with Crippen LogP contribution in [0.2, 0.25) is 5.02 Å². The first-order chi connectivity index (χ1) is 7.58. The fourth-order valence-electron chi connectivity index (χ4n) is 1.58. The number of hydrogen-bond donors (Lipinski definition) is 2. The Labute approximate surface area is 99.4 Å². The monoisotopic (exact) mass is 239 g/mol. The number of aryl methyl sites for hydroxylation is 1. The molecule has 0 amide bonds. The molecule has 1 fully saturated rings. The van der Waals surface area contributed by atoms with E-state index in [0.29, 0.717) is 11.1 Å². The lowest BCUT2D eigenvalue weighted by molar-refractivity contribution is -0.139. The number of halogens is 1. The highest BCUT2D eigenvalue weighted by molar-refractivity contribution is 6.31. The van der Waals surface area contributed by atoms with E-state index in [2.05, 4.69) is 5.32 Å². The number of aliphatic carboxylic acids is 1. The van der Waals surface area contributed by atoms with E-state index < -0.39 is 12.0 Å². The van der Waals surface area contributed by atoms with Gasteiger partial charge >= 0.3 is 5.97 Å². The lowest BCUT2D eigenvalue weighted by Crippen LogP contribution is -2.30. The highest BCUT2D eigenvalue weighted by atomic mass is 35.5. The van der Waals surface area contributed by atoms with Crippen molar-refractivity contribution >= 4 is 17.6 Å². The zero-order chi connectivity index (χ0) is 11.7. The van der Waals surface area contributed by atoms with Gasteiger partial charge in [-0.25, -0.2) is 0 Å². The molecule has 0 heterocycles. The van der Waals surface area contributed by atoms with Crippen molar-refractivity contribution < 1.29 is 9.90 Å². The second-order valence-corrected chi connectivity index (χ2v) is 4.63. The van der Waals surface area contributed by atoms with E-state index in [1.165, 1.54) is 0 Å². The lowest BCUT2D eigenvalue weighted by Gasteiger charge is -2.15. The van der Waals surface area contributed by atoms with Crippen molar-refractivity contribution in [2.75, 3.05) is 0 Å². The Kier molecular flexibility index (Phi) is 3.17. The second-order valence-electron chi connectivity index (χ2n) is 4.22. The van der Waals surface area contributed by atoms with Gasteiger partial charge in [0.2, 0.25) is 0 Å². The molecule has 1 aliphatic rings. The normalized spacial score (nSPS) is 17.1. The maximum absolute atomic E-state index is 11.2. The minimum absolute atomic E-state index is 0.348. The molecule has 86 valence electrons. The first-order valence-corrected chi connectivity index (χ1v) is 5.70. The van der Waals surface area contributed by atoms with Crippen LogP contribution in [0.4, 0.5) is 0 Å². The fourth-order valence-corrected chi connectivity index (χ4v) is 1.77. The SMILES string of the molecule is Cc1ccc(C(NC2CC2)C(=O)O)cc1Cl. The van der Waals surface area contributed by atoms with Crippen LogP contribution in [-0.4, -0.2) is 17.1 Å². The molecule has 4 heteroatoms. The van der Waals surface area contributed by atoms with Crippen molar-refractivity contribution in [3.63, 3.8) is 0 Å². The van der Waals surface area contributed by atoms with Gasteiger partial charge in [-0.2, -0.15) is 0 Å². The topological polar surface area (TPSA) is 49.3 Å². The number of rotatable bonds is 4. The van der Waals surface area contributed by atoms with Gasteiger partial charge in [0.15, 0.2) is 0 Å². The van der Waals surface area contributed by atoms with Gasteiger partial charge in [0.25, 0.3) is 0 Å². The van der Waals surface area contributed by atoms with Crippen LogP contribution in [0.5, 0.6) is 0 Å². The zero-order valence-electron chi connectivity index (χ0n) is 9.03. The summed E-state index contributed by atoms with van der Waals surface area (Å²) in [5.41, 5.74) is 1.68. The summed E-state index contributed by atoms with van der Waals surface area (Å²) in [7, 11) is 0. The summed E-state index contributed by atoms with van der Waals surface area (Å²) in [5, 5.41) is 12.9. The van der Waals surface area contributed by atoms with E-state index in [0.717, 1.165) is 24.0 Å². The Bertz CT molecular complexity index is 415. The van der Waals surface area contributed by atoms with Gasteiger partial charge in [-0.05, 0) is 37.0 Å². The number of benzene rings is 1. The number of carboxylic acid groups (broad SMARTS) is 1. The van der Waals surface area contributed by atoms with E-state index in [4.69, 9.17) is 16.7 Å². The van der Waals surface area contributed by atoms with E-state index in [1.54, 1.807) is 6.07 Å². The molecule has 0 radical (unpaired) electrons. The Balaban J connectivity index is 2.22. The van der Waals surface area contributed by atoms with Gasteiger partial charge in [-0.15, -0.1) is 0 Å². The molecule has 0 saturated heterocycles. The third kappa shape index (κ3) is 2.54. The number of carbonyl (C=O) groups is 1. The molecule has 0 aromatic heterocycles. The minimum Gasteiger partial charge on any atom is -0.480 e. The minimum atomic E-state index is -0.855. The van der Waals surface area contributed by atoms with Crippen LogP contribution in [0.25, 0.3) is 0 Å². The summed E-state index contributed by atoms with van der Waals surface area (Å²) >= 11 is 5.99. The molecule has 1 aliphatic carbocycles. The fraction of sp³-hybridized carbons (Fsp3) is 0.417. The third-order valence-electron chi connectivity index (χ3n) is 2.76. The molecule has 0 bridgehead atoms. The molecule has 0 aliphatic heterocycles. The maximum atomic E-state index is 11.2. The van der Waals surface area contributed by atoms with Crippen LogP contribution in [-0.2, 0) is 4.79 Å². The summed E-state index contributed by atoms with van der Waals surface area (Å²) in [6.07, 6.45) is 2.12. The maximum Gasteiger partial charge on any atom is 0.325 e. The molecular formula is C12H14ClNO2. The Hall–Kier alpha value is -1.06. The van der Waals surface area contributed by atoms with Crippen LogP contribution in [0.3, 0.4) is 0 Å². The Morgan fingerprint density at radius 2 is 2.25 bits per heavy atom. The van der Waals surface area contributed by atoms with Crippen molar-refractivity contribution in [2.45, 2.75) is 31.8 Å². The van der Waals surface area contributed by atoms with Crippen LogP contribution in [0.1, 0.15) is 30.0 Å². The molecule has 0 spiro atoms. The molecule has 3 nitrogen and oxygen atoms in total. The highest BCUT2D eigenvalue weighted by Gasteiger charge is 2.29. The van der Waals surface area contributed by atoms with E-state index in [-0.39, 0.29) is 0 Å². The molecule has 1 unspecified atom stereocenters. The first-order valence-electron chi connectivity index (χ1n) is 5.33. The Morgan fingerprint density at radius 1 is 1.56 bits per heavy atom. The number of hydrogen-bond acceptors (Lipinski definition) is 2. The zero-order valence-corrected chi connectivity index (χ0v) is 9.79. The van der Waals surface area contributed by atoms with Crippen LogP contribution in [0, 0.1) is 6.92 Å². The van der Waals surface area contributed by atoms with Crippen molar-refractivity contribution in [2.24, 2.45) is 0 Å². The molecule has 2 N–H and O–H groups in total. The molecule has 1 atom stereocenters. The van der Waals surface area contributed by atoms with E-state index in [9.17, 15) is 4.79 Å². The van der Waals surface area contributed by atoms with Crippen molar-refractivity contribution in [1.29, 1.82) is 0 Å². The summed E-state index contributed by atoms with van der Waals surface area (Å²) in [6, 6.07) is 5.09. The summed E-state index contributed by atoms with van der Waals surface area (Å²) < 4.78 is 0. The molecule has 1 saturated carbocycles. The average Bonchev–Trinajstić information content (AvgIpc) is 3.02. The van der Waals surface area contributed by atoms with E-state index >= 15 is 0 Å². The molecule has 1 aromatic rings. The van der Waals surface area contributed by atoms with Crippen molar-refractivity contribution in [3.8, 4) is 0 Å². The first kappa shape index (κ1) is 11.4. The quantitative estimate of drug-likeness (QED) is 0.849. The summed E-state index contributed by atoms with van der Waals surface area (Å²) in [5.74, 6) is -0.855. The van der Waals surface area contributed by atoms with Gasteiger partial charge < -0.3 is 5.11 Å². The van der Waals surface area contributed by atoms with Crippen molar-refractivity contribution in [3.05, 3.63) is 34.3 Å². The van der Waals surface area contributed by atoms with Gasteiger partial charge in [-0.3, -0.25) is 10.1 Å². The van der Waals surface area contributed by atoms with Gasteiger partial charge in [-0.1, -0.05) is 23.7 Å².